The van der Waals surface area contributed by atoms with Crippen molar-refractivity contribution in [3.8, 4) is 0 Å². The lowest BCUT2D eigenvalue weighted by Gasteiger charge is -2.33. The summed E-state index contributed by atoms with van der Waals surface area (Å²) in [5, 5.41) is 3.31. The van der Waals surface area contributed by atoms with E-state index in [0.717, 1.165) is 51.3 Å². The molecule has 0 saturated carbocycles. The van der Waals surface area contributed by atoms with Crippen molar-refractivity contribution in [2.75, 3.05) is 46.5 Å². The molecule has 6 nitrogen and oxygen atoms in total. The summed E-state index contributed by atoms with van der Waals surface area (Å²) < 4.78 is 10.7. The van der Waals surface area contributed by atoms with Gasteiger partial charge < -0.3 is 19.7 Å². The fraction of sp³-hybridized carbons (Fsp3) is 0.875. The van der Waals surface area contributed by atoms with Gasteiger partial charge in [-0.05, 0) is 26.2 Å². The second-order valence-electron chi connectivity index (χ2n) is 5.48. The van der Waals surface area contributed by atoms with Gasteiger partial charge in [0.15, 0.2) is 5.96 Å². The number of ether oxygens (including phenoxy) is 2. The van der Waals surface area contributed by atoms with Gasteiger partial charge >= 0.3 is 5.97 Å². The first-order chi connectivity index (χ1) is 10.7. The van der Waals surface area contributed by atoms with Crippen molar-refractivity contribution in [1.29, 1.82) is 0 Å². The Morgan fingerprint density at radius 1 is 1.36 bits per heavy atom. The smallest absolute Gasteiger partial charge is 0.310 e. The molecule has 0 radical (unpaired) electrons. The fourth-order valence-electron chi connectivity index (χ4n) is 2.54. The molecule has 0 aromatic carbocycles. The zero-order valence-electron chi connectivity index (χ0n) is 14.3. The molecule has 1 aliphatic rings. The van der Waals surface area contributed by atoms with E-state index in [4.69, 9.17) is 9.47 Å². The zero-order valence-corrected chi connectivity index (χ0v) is 14.3. The van der Waals surface area contributed by atoms with Crippen LogP contribution in [-0.2, 0) is 14.3 Å². The van der Waals surface area contributed by atoms with Crippen molar-refractivity contribution in [3.63, 3.8) is 0 Å². The van der Waals surface area contributed by atoms with Crippen LogP contribution in [0.5, 0.6) is 0 Å². The molecule has 0 aliphatic carbocycles. The molecule has 128 valence electrons. The van der Waals surface area contributed by atoms with Gasteiger partial charge in [0.1, 0.15) is 0 Å². The minimum absolute atomic E-state index is 0.0481. The van der Waals surface area contributed by atoms with E-state index in [2.05, 4.69) is 22.1 Å². The first-order valence-electron chi connectivity index (χ1n) is 8.42. The van der Waals surface area contributed by atoms with Crippen molar-refractivity contribution >= 4 is 11.9 Å². The number of piperidine rings is 1. The number of carbonyl (C=O) groups excluding carboxylic acids is 1. The van der Waals surface area contributed by atoms with Crippen LogP contribution >= 0.6 is 0 Å². The number of likely N-dealkylation sites (tertiary alicyclic amines) is 1. The largest absolute Gasteiger partial charge is 0.466 e. The number of hydrogen-bond acceptors (Lipinski definition) is 4. The number of hydrogen-bond donors (Lipinski definition) is 1. The summed E-state index contributed by atoms with van der Waals surface area (Å²) in [6, 6.07) is 0. The Labute approximate surface area is 134 Å². The number of guanidine groups is 1. The lowest BCUT2D eigenvalue weighted by molar-refractivity contribution is -0.149. The highest BCUT2D eigenvalue weighted by Gasteiger charge is 2.28. The maximum absolute atomic E-state index is 11.9. The monoisotopic (exact) mass is 313 g/mol. The summed E-state index contributed by atoms with van der Waals surface area (Å²) >= 11 is 0. The minimum Gasteiger partial charge on any atom is -0.466 e. The Hall–Kier alpha value is -1.30. The summed E-state index contributed by atoms with van der Waals surface area (Å²) in [5.41, 5.74) is 0. The van der Waals surface area contributed by atoms with Crippen LogP contribution in [0.2, 0.25) is 0 Å². The second kappa shape index (κ2) is 11.3. The summed E-state index contributed by atoms with van der Waals surface area (Å²) in [7, 11) is 1.77. The van der Waals surface area contributed by atoms with Gasteiger partial charge in [0.2, 0.25) is 0 Å². The number of rotatable bonds is 8. The van der Waals surface area contributed by atoms with Crippen LogP contribution in [0.3, 0.4) is 0 Å². The number of esters is 1. The predicted molar refractivity (Wildman–Crippen MR) is 88.0 cm³/mol. The van der Waals surface area contributed by atoms with Crippen LogP contribution in [0.4, 0.5) is 0 Å². The number of unbranched alkanes of at least 4 members (excludes halogenated alkanes) is 1. The summed E-state index contributed by atoms with van der Waals surface area (Å²) in [4.78, 5) is 18.3. The fourth-order valence-corrected chi connectivity index (χ4v) is 2.54. The maximum Gasteiger partial charge on any atom is 0.310 e. The maximum atomic E-state index is 11.9. The highest BCUT2D eigenvalue weighted by molar-refractivity contribution is 5.81. The number of carbonyl (C=O) groups is 1. The molecule has 1 aliphatic heterocycles. The lowest BCUT2D eigenvalue weighted by atomic mass is 9.98. The Bertz CT molecular complexity index is 348. The summed E-state index contributed by atoms with van der Waals surface area (Å²) in [6.45, 7) is 8.26. The lowest BCUT2D eigenvalue weighted by Crippen LogP contribution is -2.48. The van der Waals surface area contributed by atoms with Gasteiger partial charge in [-0.1, -0.05) is 13.3 Å². The molecule has 0 bridgehead atoms. The van der Waals surface area contributed by atoms with E-state index in [-0.39, 0.29) is 11.9 Å². The molecule has 1 rings (SSSR count). The van der Waals surface area contributed by atoms with E-state index < -0.39 is 0 Å². The third-order valence-electron chi connectivity index (χ3n) is 3.72. The SMILES string of the molecule is CCCCOCCNC(=NC)N1CCCC(C(=O)OCC)C1. The number of nitrogens with one attached hydrogen (secondary N) is 1. The molecule has 0 aromatic heterocycles. The molecule has 1 fully saturated rings. The molecule has 1 atom stereocenters. The molecular weight excluding hydrogens is 282 g/mol. The van der Waals surface area contributed by atoms with Crippen LogP contribution in [-0.4, -0.2) is 63.3 Å². The first-order valence-corrected chi connectivity index (χ1v) is 8.42. The van der Waals surface area contributed by atoms with Gasteiger partial charge in [-0.25, -0.2) is 0 Å². The molecule has 1 N–H and O–H groups in total. The summed E-state index contributed by atoms with van der Waals surface area (Å²) in [5.74, 6) is 0.701. The summed E-state index contributed by atoms with van der Waals surface area (Å²) in [6.07, 6.45) is 4.13. The molecule has 1 saturated heterocycles. The number of aliphatic imine (C=N–C) groups is 1. The van der Waals surface area contributed by atoms with Crippen LogP contribution in [0, 0.1) is 5.92 Å². The van der Waals surface area contributed by atoms with E-state index in [1.165, 1.54) is 0 Å². The van der Waals surface area contributed by atoms with Gasteiger partial charge in [-0.15, -0.1) is 0 Å². The van der Waals surface area contributed by atoms with Gasteiger partial charge in [0, 0.05) is 33.3 Å². The van der Waals surface area contributed by atoms with Gasteiger partial charge in [0.05, 0.1) is 19.1 Å². The minimum atomic E-state index is -0.0921. The molecular formula is C16H31N3O3. The molecule has 0 aromatic rings. The van der Waals surface area contributed by atoms with E-state index in [1.807, 2.05) is 6.92 Å². The average molecular weight is 313 g/mol. The molecule has 0 amide bonds. The van der Waals surface area contributed by atoms with E-state index >= 15 is 0 Å². The normalized spacial score (nSPS) is 19.1. The highest BCUT2D eigenvalue weighted by Crippen LogP contribution is 2.17. The molecule has 22 heavy (non-hydrogen) atoms. The second-order valence-corrected chi connectivity index (χ2v) is 5.48. The third-order valence-corrected chi connectivity index (χ3v) is 3.72. The molecule has 1 heterocycles. The van der Waals surface area contributed by atoms with Crippen molar-refractivity contribution in [1.82, 2.24) is 10.2 Å². The molecule has 1 unspecified atom stereocenters. The quantitative estimate of drug-likeness (QED) is 0.319. The Morgan fingerprint density at radius 3 is 2.86 bits per heavy atom. The van der Waals surface area contributed by atoms with Crippen molar-refractivity contribution in [3.05, 3.63) is 0 Å². The number of nitrogens with zero attached hydrogens (tertiary/aromatic N) is 2. The topological polar surface area (TPSA) is 63.2 Å². The molecule has 6 heteroatoms. The Kier molecular flexibility index (Phi) is 9.62. The van der Waals surface area contributed by atoms with Crippen molar-refractivity contribution in [2.45, 2.75) is 39.5 Å². The van der Waals surface area contributed by atoms with Gasteiger partial charge in [-0.3, -0.25) is 9.79 Å². The van der Waals surface area contributed by atoms with Gasteiger partial charge in [-0.2, -0.15) is 0 Å². The van der Waals surface area contributed by atoms with Gasteiger partial charge in [0.25, 0.3) is 0 Å². The van der Waals surface area contributed by atoms with E-state index in [9.17, 15) is 4.79 Å². The highest BCUT2D eigenvalue weighted by atomic mass is 16.5. The Balaban J connectivity index is 2.34. The molecule has 0 spiro atoms. The van der Waals surface area contributed by atoms with Crippen LogP contribution in [0.25, 0.3) is 0 Å². The van der Waals surface area contributed by atoms with E-state index in [1.54, 1.807) is 7.05 Å². The van der Waals surface area contributed by atoms with Crippen LogP contribution in [0.1, 0.15) is 39.5 Å². The third kappa shape index (κ3) is 6.64. The predicted octanol–water partition coefficient (Wildman–Crippen LogP) is 1.65. The van der Waals surface area contributed by atoms with Crippen LogP contribution < -0.4 is 5.32 Å². The van der Waals surface area contributed by atoms with Crippen molar-refractivity contribution in [2.24, 2.45) is 10.9 Å². The Morgan fingerprint density at radius 2 is 2.18 bits per heavy atom. The van der Waals surface area contributed by atoms with E-state index in [0.29, 0.717) is 19.8 Å². The average Bonchev–Trinajstić information content (AvgIpc) is 2.54. The first kappa shape index (κ1) is 18.7. The van der Waals surface area contributed by atoms with Crippen molar-refractivity contribution < 1.29 is 14.3 Å². The standard InChI is InChI=1S/C16H31N3O3/c1-4-6-11-21-12-9-18-16(17-3)19-10-7-8-14(13-19)15(20)22-5-2/h14H,4-13H2,1-3H3,(H,17,18). The zero-order chi connectivity index (χ0) is 16.2. The van der Waals surface area contributed by atoms with Crippen LogP contribution in [0.15, 0.2) is 4.99 Å².